The van der Waals surface area contributed by atoms with Gasteiger partial charge < -0.3 is 14.6 Å². The van der Waals surface area contributed by atoms with E-state index in [9.17, 15) is 0 Å². The van der Waals surface area contributed by atoms with Gasteiger partial charge >= 0.3 is 0 Å². The Labute approximate surface area is 127 Å². The maximum atomic E-state index is 5.63. The maximum Gasteiger partial charge on any atom is 0.111 e. The average molecular weight is 289 g/mol. The van der Waals surface area contributed by atoms with Crippen LogP contribution >= 0.6 is 0 Å². The number of methoxy groups -OCH3 is 1. The second-order valence-electron chi connectivity index (χ2n) is 5.31. The van der Waals surface area contributed by atoms with Crippen molar-refractivity contribution in [1.82, 2.24) is 14.9 Å². The minimum atomic E-state index is 0.218. The van der Waals surface area contributed by atoms with Crippen molar-refractivity contribution >= 4 is 11.0 Å². The Bertz CT molecular complexity index is 560. The van der Waals surface area contributed by atoms with Crippen molar-refractivity contribution in [3.05, 3.63) is 30.1 Å². The van der Waals surface area contributed by atoms with Crippen LogP contribution in [0.4, 0.5) is 0 Å². The fourth-order valence-electron chi connectivity index (χ4n) is 3.04. The topological polar surface area (TPSA) is 39.1 Å². The first kappa shape index (κ1) is 16.0. The van der Waals surface area contributed by atoms with E-state index in [-0.39, 0.29) is 6.10 Å². The molecule has 2 unspecified atom stereocenters. The third-order valence-electron chi connectivity index (χ3n) is 4.07. The van der Waals surface area contributed by atoms with Gasteiger partial charge in [-0.2, -0.15) is 0 Å². The van der Waals surface area contributed by atoms with E-state index in [0.717, 1.165) is 37.3 Å². The first-order valence-corrected chi connectivity index (χ1v) is 7.95. The lowest BCUT2D eigenvalue weighted by Gasteiger charge is -2.25. The molecule has 0 bridgehead atoms. The molecule has 0 aliphatic carbocycles. The molecule has 116 valence electrons. The molecule has 2 atom stereocenters. The van der Waals surface area contributed by atoms with Gasteiger partial charge in [0.05, 0.1) is 17.1 Å². The number of para-hydroxylation sites is 2. The van der Waals surface area contributed by atoms with Crippen LogP contribution in [0.1, 0.15) is 33.0 Å². The molecule has 0 fully saturated rings. The van der Waals surface area contributed by atoms with E-state index in [4.69, 9.17) is 9.72 Å². The number of imidazole rings is 1. The van der Waals surface area contributed by atoms with Gasteiger partial charge in [0.15, 0.2) is 0 Å². The van der Waals surface area contributed by atoms with Crippen molar-refractivity contribution in [2.24, 2.45) is 0 Å². The third kappa shape index (κ3) is 3.44. The predicted octanol–water partition coefficient (Wildman–Crippen LogP) is 3.00. The lowest BCUT2D eigenvalue weighted by Crippen LogP contribution is -2.42. The van der Waals surface area contributed by atoms with Crippen molar-refractivity contribution in [3.8, 4) is 0 Å². The molecule has 4 heteroatoms. The molecule has 0 saturated heterocycles. The molecular weight excluding hydrogens is 262 g/mol. The highest BCUT2D eigenvalue weighted by Crippen LogP contribution is 2.18. The lowest BCUT2D eigenvalue weighted by atomic mass is 10.0. The Hall–Kier alpha value is -1.39. The summed E-state index contributed by atoms with van der Waals surface area (Å²) in [4.78, 5) is 4.82. The number of fused-ring (bicyclic) bond motifs is 1. The van der Waals surface area contributed by atoms with Crippen LogP contribution in [-0.4, -0.2) is 35.4 Å². The van der Waals surface area contributed by atoms with Gasteiger partial charge in [0.2, 0.25) is 0 Å². The predicted molar refractivity (Wildman–Crippen MR) is 87.7 cm³/mol. The van der Waals surface area contributed by atoms with Gasteiger partial charge in [0.25, 0.3) is 0 Å². The molecule has 2 rings (SSSR count). The molecule has 4 nitrogen and oxygen atoms in total. The summed E-state index contributed by atoms with van der Waals surface area (Å²) in [6, 6.07) is 8.65. The van der Waals surface area contributed by atoms with Gasteiger partial charge in [0.1, 0.15) is 5.82 Å². The standard InChI is InChI=1S/C17H27N3O/c1-5-16(21-4)14(18-6-2)12-17-19-13-10-8-9-11-15(13)20(17)7-3/h8-11,14,16,18H,5-7,12H2,1-4H3. The fourth-order valence-corrected chi connectivity index (χ4v) is 3.04. The second-order valence-corrected chi connectivity index (χ2v) is 5.31. The van der Waals surface area contributed by atoms with Crippen LogP contribution in [0, 0.1) is 0 Å². The van der Waals surface area contributed by atoms with E-state index < -0.39 is 0 Å². The summed E-state index contributed by atoms with van der Waals surface area (Å²) in [5.74, 6) is 1.14. The molecule has 0 aliphatic heterocycles. The SMILES string of the molecule is CCNC(Cc1nc2ccccc2n1CC)C(CC)OC. The van der Waals surface area contributed by atoms with Crippen LogP contribution in [0.5, 0.6) is 0 Å². The van der Waals surface area contributed by atoms with Crippen molar-refractivity contribution in [2.75, 3.05) is 13.7 Å². The van der Waals surface area contributed by atoms with Gasteiger partial charge in [-0.05, 0) is 32.0 Å². The zero-order chi connectivity index (χ0) is 15.2. The van der Waals surface area contributed by atoms with Crippen molar-refractivity contribution in [1.29, 1.82) is 0 Å². The number of aryl methyl sites for hydroxylation is 1. The molecule has 1 aromatic carbocycles. The van der Waals surface area contributed by atoms with E-state index in [2.05, 4.69) is 48.9 Å². The number of nitrogens with one attached hydrogen (secondary N) is 1. The molecule has 1 aromatic heterocycles. The molecule has 2 aromatic rings. The number of nitrogens with zero attached hydrogens (tertiary/aromatic N) is 2. The number of ether oxygens (including phenoxy) is 1. The van der Waals surface area contributed by atoms with Crippen molar-refractivity contribution in [2.45, 2.75) is 52.3 Å². The smallest absolute Gasteiger partial charge is 0.111 e. The van der Waals surface area contributed by atoms with E-state index >= 15 is 0 Å². The number of benzene rings is 1. The Balaban J connectivity index is 2.31. The van der Waals surface area contributed by atoms with Crippen LogP contribution in [0.15, 0.2) is 24.3 Å². The van der Waals surface area contributed by atoms with Gasteiger partial charge in [0, 0.05) is 26.1 Å². The summed E-state index contributed by atoms with van der Waals surface area (Å²) >= 11 is 0. The first-order valence-electron chi connectivity index (χ1n) is 7.95. The molecule has 0 spiro atoms. The first-order chi connectivity index (χ1) is 10.2. The highest BCUT2D eigenvalue weighted by atomic mass is 16.5. The molecule has 0 saturated carbocycles. The van der Waals surface area contributed by atoms with Crippen LogP contribution < -0.4 is 5.32 Å². The normalized spacial score (nSPS) is 14.5. The van der Waals surface area contributed by atoms with E-state index in [1.54, 1.807) is 7.11 Å². The Morgan fingerprint density at radius 2 is 2.00 bits per heavy atom. The van der Waals surface area contributed by atoms with Crippen LogP contribution in [0.3, 0.4) is 0 Å². The number of hydrogen-bond acceptors (Lipinski definition) is 3. The second kappa shape index (κ2) is 7.57. The minimum Gasteiger partial charge on any atom is -0.380 e. The zero-order valence-electron chi connectivity index (χ0n) is 13.6. The quantitative estimate of drug-likeness (QED) is 0.812. The highest BCUT2D eigenvalue weighted by Gasteiger charge is 2.22. The highest BCUT2D eigenvalue weighted by molar-refractivity contribution is 5.75. The van der Waals surface area contributed by atoms with Gasteiger partial charge in [-0.1, -0.05) is 26.0 Å². The number of likely N-dealkylation sites (N-methyl/N-ethyl adjacent to an activating group) is 1. The molecule has 0 amide bonds. The largest absolute Gasteiger partial charge is 0.380 e. The fraction of sp³-hybridized carbons (Fsp3) is 0.588. The molecular formula is C17H27N3O. The Morgan fingerprint density at radius 1 is 1.24 bits per heavy atom. The van der Waals surface area contributed by atoms with E-state index in [1.165, 1.54) is 5.52 Å². The van der Waals surface area contributed by atoms with Crippen LogP contribution in [0.2, 0.25) is 0 Å². The average Bonchev–Trinajstić information content (AvgIpc) is 2.85. The Kier molecular flexibility index (Phi) is 5.76. The van der Waals surface area contributed by atoms with Crippen LogP contribution in [-0.2, 0) is 17.7 Å². The number of rotatable bonds is 8. The van der Waals surface area contributed by atoms with Crippen molar-refractivity contribution in [3.63, 3.8) is 0 Å². The molecule has 1 N–H and O–H groups in total. The lowest BCUT2D eigenvalue weighted by molar-refractivity contribution is 0.0650. The third-order valence-corrected chi connectivity index (χ3v) is 4.07. The monoisotopic (exact) mass is 289 g/mol. The molecule has 1 heterocycles. The molecule has 0 aliphatic rings. The van der Waals surface area contributed by atoms with Crippen LogP contribution in [0.25, 0.3) is 11.0 Å². The molecule has 0 radical (unpaired) electrons. The van der Waals surface area contributed by atoms with Gasteiger partial charge in [-0.15, -0.1) is 0 Å². The number of hydrogen-bond donors (Lipinski definition) is 1. The summed E-state index contributed by atoms with van der Waals surface area (Å²) in [5, 5.41) is 3.55. The summed E-state index contributed by atoms with van der Waals surface area (Å²) < 4.78 is 7.94. The van der Waals surface area contributed by atoms with E-state index in [0.29, 0.717) is 6.04 Å². The Morgan fingerprint density at radius 3 is 2.62 bits per heavy atom. The maximum absolute atomic E-state index is 5.63. The summed E-state index contributed by atoms with van der Waals surface area (Å²) in [7, 11) is 1.79. The van der Waals surface area contributed by atoms with Gasteiger partial charge in [-0.25, -0.2) is 4.98 Å². The van der Waals surface area contributed by atoms with E-state index in [1.807, 2.05) is 6.07 Å². The van der Waals surface area contributed by atoms with Gasteiger partial charge in [-0.3, -0.25) is 0 Å². The minimum absolute atomic E-state index is 0.218. The summed E-state index contributed by atoms with van der Waals surface area (Å²) in [5.41, 5.74) is 2.30. The zero-order valence-corrected chi connectivity index (χ0v) is 13.6. The van der Waals surface area contributed by atoms with Crippen molar-refractivity contribution < 1.29 is 4.74 Å². The number of aromatic nitrogens is 2. The molecule has 21 heavy (non-hydrogen) atoms. The summed E-state index contributed by atoms with van der Waals surface area (Å²) in [6.07, 6.45) is 2.11. The summed E-state index contributed by atoms with van der Waals surface area (Å²) in [6.45, 7) is 8.36.